The molecule has 68 heavy (non-hydrogen) atoms. The average Bonchev–Trinajstić information content (AvgIpc) is 3.32. The molecule has 0 spiro atoms. The number of ether oxygens (including phenoxy) is 8. The zero-order valence-electron chi connectivity index (χ0n) is 43.0. The third-order valence-electron chi connectivity index (χ3n) is 11.2. The maximum absolute atomic E-state index is 9.43. The van der Waals surface area contributed by atoms with Crippen molar-refractivity contribution >= 4 is 68.4 Å². The van der Waals surface area contributed by atoms with Gasteiger partial charge >= 0.3 is 26.2 Å². The molecule has 12 nitrogen and oxygen atoms in total. The second kappa shape index (κ2) is 46.2. The molecule has 2 atom stereocenters. The number of methoxy groups -OCH3 is 8. The van der Waals surface area contributed by atoms with Crippen LogP contribution in [0.3, 0.4) is 0 Å². The zero-order valence-corrected chi connectivity index (χ0v) is 51.3. The quantitative estimate of drug-likeness (QED) is 0.0345. The van der Waals surface area contributed by atoms with Crippen molar-refractivity contribution in [2.75, 3.05) is 83.3 Å². The smallest absolute Gasteiger partial charge is 0.709 e. The molecule has 0 aliphatic heterocycles. The number of rotatable bonds is 38. The van der Waals surface area contributed by atoms with E-state index in [2.05, 4.69) is 27.7 Å². The van der Waals surface area contributed by atoms with Crippen LogP contribution < -0.4 is 0 Å². The van der Waals surface area contributed by atoms with Gasteiger partial charge in [-0.05, 0) is 135 Å². The number of hydrogen-bond acceptors (Lipinski definition) is 17. The Hall–Kier alpha value is -0.607. The predicted octanol–water partition coefficient (Wildman–Crippen LogP) is 13.2. The first kappa shape index (κ1) is 73.9. The summed E-state index contributed by atoms with van der Waals surface area (Å²) in [6, 6.07) is 0. The van der Waals surface area contributed by atoms with E-state index in [0.717, 1.165) is 77.0 Å². The molecule has 0 aromatic heterocycles. The monoisotopic (exact) mass is 1170 g/mol. The molecule has 2 unspecified atom stereocenters. The molecule has 0 aliphatic carbocycles. The van der Waals surface area contributed by atoms with Crippen molar-refractivity contribution in [2.24, 2.45) is 21.7 Å². The van der Waals surface area contributed by atoms with E-state index < -0.39 is 9.34 Å². The Morgan fingerprint density at radius 3 is 0.721 bits per heavy atom. The number of aliphatic hydroxyl groups is 2. The van der Waals surface area contributed by atoms with Crippen LogP contribution in [-0.4, -0.2) is 93.5 Å². The maximum Gasteiger partial charge on any atom is 2.00 e. The van der Waals surface area contributed by atoms with E-state index >= 15 is 0 Å². The van der Waals surface area contributed by atoms with Gasteiger partial charge in [-0.15, -0.1) is 0 Å². The third kappa shape index (κ3) is 37.2. The van der Waals surface area contributed by atoms with Crippen molar-refractivity contribution in [1.82, 2.24) is 0 Å². The van der Waals surface area contributed by atoms with Crippen LogP contribution in [-0.2, 0) is 121 Å². The van der Waals surface area contributed by atoms with E-state index in [1.807, 2.05) is 48.6 Å². The van der Waals surface area contributed by atoms with Crippen LogP contribution in [0.4, 0.5) is 0 Å². The normalized spacial score (nSPS) is 14.5. The number of allylic oxidation sites excluding steroid dienone is 8. The molecule has 0 aromatic rings. The zero-order chi connectivity index (χ0) is 51.4. The predicted molar refractivity (Wildman–Crippen MR) is 294 cm³/mol. The fourth-order valence-corrected chi connectivity index (χ4v) is 27.1. The van der Waals surface area contributed by atoms with Crippen molar-refractivity contribution < 1.29 is 83.4 Å². The topological polar surface area (TPSA) is 133 Å². The van der Waals surface area contributed by atoms with Crippen LogP contribution >= 0.6 is 20.3 Å². The van der Waals surface area contributed by atoms with Crippen molar-refractivity contribution in [3.8, 4) is 0 Å². The maximum atomic E-state index is 9.43. The summed E-state index contributed by atoms with van der Waals surface area (Å²) in [5, 5.41) is 18.9. The van der Waals surface area contributed by atoms with Gasteiger partial charge in [-0.3, -0.25) is 0 Å². The molecule has 0 rings (SSSR count). The Morgan fingerprint density at radius 2 is 0.574 bits per heavy atom. The van der Waals surface area contributed by atoms with Crippen molar-refractivity contribution in [3.05, 3.63) is 98.7 Å². The van der Waals surface area contributed by atoms with Gasteiger partial charge in [0.1, 0.15) is 0 Å². The molecule has 0 saturated heterocycles. The summed E-state index contributed by atoms with van der Waals surface area (Å²) in [7, 11) is 13.0. The SMILES string of the molecule is CCC(C/C=C/OC)(C/C=C/OC)COP(=S)([S-])SP(=S)([S-])OCC(CC)(C/C=C/OC)C/C=C/OC.CCC(CO)(C/C=C/OC)C/C=C/OC.CCC(CO)(C/C=C/OC)C/C=C/OC.[Zr+2]. The molecule has 0 fully saturated rings. The first-order chi connectivity index (χ1) is 32.0. The van der Waals surface area contributed by atoms with E-state index in [9.17, 15) is 10.2 Å². The molecule has 2 N–H and O–H groups in total. The van der Waals surface area contributed by atoms with Gasteiger partial charge in [0, 0.05) is 34.9 Å². The number of hydrogen-bond donors (Lipinski definition) is 2. The molecule has 0 saturated carbocycles. The first-order valence-corrected chi connectivity index (χ1v) is 31.7. The van der Waals surface area contributed by atoms with Crippen LogP contribution in [0.25, 0.3) is 0 Å². The summed E-state index contributed by atoms with van der Waals surface area (Å²) in [5.41, 5.74) is -0.609. The summed E-state index contributed by atoms with van der Waals surface area (Å²) in [6.07, 6.45) is 38.7. The number of aliphatic hydroxyl groups excluding tert-OH is 2. The summed E-state index contributed by atoms with van der Waals surface area (Å²) in [4.78, 5) is 0. The summed E-state index contributed by atoms with van der Waals surface area (Å²) < 4.78 is 46.6. The van der Waals surface area contributed by atoms with E-state index in [1.165, 1.54) is 11.0 Å². The summed E-state index contributed by atoms with van der Waals surface area (Å²) in [6.45, 7) is 9.50. The van der Waals surface area contributed by atoms with Gasteiger partial charge in [0.05, 0.1) is 120 Å². The molecule has 0 radical (unpaired) electrons. The minimum atomic E-state index is -2.77. The first-order valence-electron chi connectivity index (χ1n) is 22.2. The van der Waals surface area contributed by atoms with Crippen LogP contribution in [0.2, 0.25) is 0 Å². The molecule has 0 heterocycles. The van der Waals surface area contributed by atoms with Gasteiger partial charge in [0.15, 0.2) is 0 Å². The molecule has 0 aromatic carbocycles. The second-order valence-electron chi connectivity index (χ2n) is 15.7. The molecule has 0 amide bonds. The van der Waals surface area contributed by atoms with Gasteiger partial charge in [0.2, 0.25) is 0 Å². The Kier molecular flexibility index (Phi) is 50.2. The Morgan fingerprint density at radius 1 is 0.397 bits per heavy atom. The minimum Gasteiger partial charge on any atom is -0.709 e. The standard InChI is InChI=1S/C24H44O6P2S5.2C12H22O3.Zr/c1-7-23(13-9-17-25-3,14-10-18-26-4)21-29-31(33,34)37-32(35,36)30-22-24(8-2,15-11-19-27-5)16-12-20-28-6;2*1-4-12(11-13,7-5-9-14-2)8-6-10-15-3;/h9-12,17-20H,7-8,13-16,21-22H2,1-6H3,(H,33,34)(H,35,36);2*5-6,9-10,13H,4,7-8,11H2,1-3H3;/q;;;+2/p-2/b17-9+,18-10+,19-11+,20-12+;2*9-5+,10-6+;. The average molecular weight is 1170 g/mol. The van der Waals surface area contributed by atoms with Crippen LogP contribution in [0.1, 0.15) is 105 Å². The van der Waals surface area contributed by atoms with Crippen LogP contribution in [0.5, 0.6) is 0 Å². The molecule has 0 aliphatic rings. The van der Waals surface area contributed by atoms with Crippen LogP contribution in [0, 0.1) is 21.7 Å². The largest absolute Gasteiger partial charge is 2.00 e. The molecule has 0 bridgehead atoms. The fraction of sp³-hybridized carbons (Fsp3) is 0.667. The molecular formula is C48H86O12P2S5Zr. The van der Waals surface area contributed by atoms with Crippen molar-refractivity contribution in [1.29, 1.82) is 0 Å². The molecule has 20 heteroatoms. The van der Waals surface area contributed by atoms with Gasteiger partial charge in [0.25, 0.3) is 0 Å². The minimum absolute atomic E-state index is 0. The Bertz CT molecular complexity index is 1360. The van der Waals surface area contributed by atoms with E-state index in [4.69, 9.17) is 95.1 Å². The van der Waals surface area contributed by atoms with Gasteiger partial charge in [-0.2, -0.15) is 0 Å². The Balaban J connectivity index is -0.000000541. The van der Waals surface area contributed by atoms with Crippen LogP contribution in [0.15, 0.2) is 98.7 Å². The van der Waals surface area contributed by atoms with Crippen molar-refractivity contribution in [3.63, 3.8) is 0 Å². The van der Waals surface area contributed by atoms with Gasteiger partial charge in [-0.1, -0.05) is 62.3 Å². The van der Waals surface area contributed by atoms with E-state index in [1.54, 1.807) is 107 Å². The summed E-state index contributed by atoms with van der Waals surface area (Å²) >= 11 is 24.1. The van der Waals surface area contributed by atoms with Gasteiger partial charge in [-0.25, -0.2) is 0 Å². The third-order valence-corrected chi connectivity index (χ3v) is 26.4. The van der Waals surface area contributed by atoms with E-state index in [0.29, 0.717) is 13.2 Å². The van der Waals surface area contributed by atoms with E-state index in [-0.39, 0.29) is 61.1 Å². The molecule has 394 valence electrons. The van der Waals surface area contributed by atoms with Gasteiger partial charge < -0.3 is 81.7 Å². The Labute approximate surface area is 456 Å². The molecular weight excluding hydrogens is 1080 g/mol. The second-order valence-corrected chi connectivity index (χ2v) is 33.6. The fourth-order valence-electron chi connectivity index (χ4n) is 6.17. The summed E-state index contributed by atoms with van der Waals surface area (Å²) in [5.74, 6) is 0. The van der Waals surface area contributed by atoms with Crippen molar-refractivity contribution in [2.45, 2.75) is 105 Å².